The van der Waals surface area contributed by atoms with Gasteiger partial charge in [-0.2, -0.15) is 0 Å². The predicted octanol–water partition coefficient (Wildman–Crippen LogP) is 0.0911. The lowest BCUT2D eigenvalue weighted by Crippen LogP contribution is -2.32. The average Bonchev–Trinajstić information content (AvgIpc) is 2.61. The van der Waals surface area contributed by atoms with Gasteiger partial charge in [0.2, 0.25) is 5.91 Å². The molecule has 0 aliphatic heterocycles. The Labute approximate surface area is 110 Å². The highest BCUT2D eigenvalue weighted by Crippen LogP contribution is 2.14. The zero-order valence-corrected chi connectivity index (χ0v) is 11.0. The van der Waals surface area contributed by atoms with Crippen molar-refractivity contribution in [3.8, 4) is 0 Å². The highest BCUT2D eigenvalue weighted by atomic mass is 16.4. The lowest BCUT2D eigenvalue weighted by atomic mass is 10.1. The van der Waals surface area contributed by atoms with Gasteiger partial charge in [0.1, 0.15) is 0 Å². The molecule has 0 unspecified atom stereocenters. The summed E-state index contributed by atoms with van der Waals surface area (Å²) in [5, 5.41) is 0. The Morgan fingerprint density at radius 3 is 2.89 bits per heavy atom. The van der Waals surface area contributed by atoms with E-state index in [2.05, 4.69) is 0 Å². The molecule has 0 bridgehead atoms. The fraction of sp³-hybridized carbons (Fsp3) is 0.385. The van der Waals surface area contributed by atoms with Gasteiger partial charge in [-0.15, -0.1) is 0 Å². The summed E-state index contributed by atoms with van der Waals surface area (Å²) in [5.41, 5.74) is 7.54. The van der Waals surface area contributed by atoms with Gasteiger partial charge in [-0.1, -0.05) is 6.07 Å². The Morgan fingerprint density at radius 1 is 1.47 bits per heavy atom. The van der Waals surface area contributed by atoms with Crippen molar-refractivity contribution >= 4 is 17.0 Å². The van der Waals surface area contributed by atoms with Crippen LogP contribution in [0.1, 0.15) is 5.56 Å². The van der Waals surface area contributed by atoms with E-state index >= 15 is 0 Å². The van der Waals surface area contributed by atoms with Crippen molar-refractivity contribution < 1.29 is 9.21 Å². The number of likely N-dealkylation sites (N-methyl/N-ethyl adjacent to an activating group) is 1. The lowest BCUT2D eigenvalue weighted by Gasteiger charge is -2.13. The van der Waals surface area contributed by atoms with E-state index in [1.807, 2.05) is 30.1 Å². The SMILES string of the molecule is CN(CCc1ccc2c(c1)oc(=O)n2C)CC(N)=O. The number of carbonyl (C=O) groups excluding carboxylic acids is 1. The van der Waals surface area contributed by atoms with Crippen molar-refractivity contribution in [2.75, 3.05) is 20.1 Å². The van der Waals surface area contributed by atoms with Crippen LogP contribution in [0.5, 0.6) is 0 Å². The number of oxazole rings is 1. The number of fused-ring (bicyclic) bond motifs is 1. The monoisotopic (exact) mass is 263 g/mol. The first kappa shape index (κ1) is 13.4. The molecule has 0 aliphatic carbocycles. The summed E-state index contributed by atoms with van der Waals surface area (Å²) < 4.78 is 6.60. The molecular weight excluding hydrogens is 246 g/mol. The first-order valence-corrected chi connectivity index (χ1v) is 6.02. The minimum Gasteiger partial charge on any atom is -0.408 e. The van der Waals surface area contributed by atoms with Gasteiger partial charge in [-0.05, 0) is 31.2 Å². The van der Waals surface area contributed by atoms with Gasteiger partial charge in [0.05, 0.1) is 12.1 Å². The van der Waals surface area contributed by atoms with Gasteiger partial charge in [0.25, 0.3) is 0 Å². The molecule has 0 aliphatic rings. The minimum atomic E-state index is -0.363. The molecule has 1 aromatic carbocycles. The van der Waals surface area contributed by atoms with E-state index < -0.39 is 0 Å². The molecule has 19 heavy (non-hydrogen) atoms. The number of hydrogen-bond acceptors (Lipinski definition) is 4. The topological polar surface area (TPSA) is 81.5 Å². The van der Waals surface area contributed by atoms with Gasteiger partial charge in [-0.25, -0.2) is 4.79 Å². The number of benzene rings is 1. The molecule has 0 radical (unpaired) electrons. The van der Waals surface area contributed by atoms with Crippen LogP contribution in [0.2, 0.25) is 0 Å². The quantitative estimate of drug-likeness (QED) is 0.829. The predicted molar refractivity (Wildman–Crippen MR) is 71.9 cm³/mol. The van der Waals surface area contributed by atoms with E-state index in [9.17, 15) is 9.59 Å². The number of primary amides is 1. The van der Waals surface area contributed by atoms with E-state index in [-0.39, 0.29) is 18.2 Å². The van der Waals surface area contributed by atoms with E-state index in [0.29, 0.717) is 12.1 Å². The number of aryl methyl sites for hydroxylation is 1. The number of rotatable bonds is 5. The number of carbonyl (C=O) groups is 1. The largest absolute Gasteiger partial charge is 0.419 e. The van der Waals surface area contributed by atoms with E-state index in [1.54, 1.807) is 7.05 Å². The molecule has 2 N–H and O–H groups in total. The highest BCUT2D eigenvalue weighted by Gasteiger charge is 2.07. The summed E-state index contributed by atoms with van der Waals surface area (Å²) >= 11 is 0. The summed E-state index contributed by atoms with van der Waals surface area (Å²) in [4.78, 5) is 24.0. The molecule has 0 saturated carbocycles. The molecule has 6 heteroatoms. The Bertz CT molecular complexity index is 657. The summed E-state index contributed by atoms with van der Waals surface area (Å²) in [7, 11) is 3.51. The van der Waals surface area contributed by atoms with Gasteiger partial charge >= 0.3 is 5.76 Å². The van der Waals surface area contributed by atoms with E-state index in [0.717, 1.165) is 17.5 Å². The molecule has 6 nitrogen and oxygen atoms in total. The van der Waals surface area contributed by atoms with Crippen LogP contribution in [0.15, 0.2) is 27.4 Å². The summed E-state index contributed by atoms with van der Waals surface area (Å²) in [6.07, 6.45) is 0.762. The number of hydrogen-bond donors (Lipinski definition) is 1. The number of nitrogens with zero attached hydrogens (tertiary/aromatic N) is 2. The molecule has 0 spiro atoms. The Hall–Kier alpha value is -2.08. The van der Waals surface area contributed by atoms with Crippen LogP contribution in [0, 0.1) is 0 Å². The van der Waals surface area contributed by atoms with E-state index in [4.69, 9.17) is 10.2 Å². The summed E-state index contributed by atoms with van der Waals surface area (Å²) in [6.45, 7) is 0.953. The second kappa shape index (κ2) is 5.27. The molecule has 0 fully saturated rings. The number of amides is 1. The summed E-state index contributed by atoms with van der Waals surface area (Å²) in [5.74, 6) is -0.704. The molecule has 2 rings (SSSR count). The van der Waals surface area contributed by atoms with Gasteiger partial charge in [-0.3, -0.25) is 14.3 Å². The van der Waals surface area contributed by atoms with Crippen LogP contribution in [-0.4, -0.2) is 35.5 Å². The Kier molecular flexibility index (Phi) is 3.71. The Morgan fingerprint density at radius 2 is 2.21 bits per heavy atom. The summed E-state index contributed by atoms with van der Waals surface area (Å²) in [6, 6.07) is 5.67. The van der Waals surface area contributed by atoms with Gasteiger partial charge < -0.3 is 10.2 Å². The molecule has 1 aromatic heterocycles. The second-order valence-electron chi connectivity index (χ2n) is 4.68. The normalized spacial score (nSPS) is 11.3. The third-order valence-corrected chi connectivity index (χ3v) is 3.06. The van der Waals surface area contributed by atoms with Crippen molar-refractivity contribution in [1.82, 2.24) is 9.47 Å². The van der Waals surface area contributed by atoms with Crippen LogP contribution < -0.4 is 11.5 Å². The lowest BCUT2D eigenvalue weighted by molar-refractivity contribution is -0.118. The third-order valence-electron chi connectivity index (χ3n) is 3.06. The van der Waals surface area contributed by atoms with Gasteiger partial charge in [0.15, 0.2) is 5.58 Å². The van der Waals surface area contributed by atoms with Crippen molar-refractivity contribution in [2.24, 2.45) is 12.8 Å². The van der Waals surface area contributed by atoms with Crippen LogP contribution in [-0.2, 0) is 18.3 Å². The zero-order valence-electron chi connectivity index (χ0n) is 11.0. The van der Waals surface area contributed by atoms with Crippen molar-refractivity contribution in [3.63, 3.8) is 0 Å². The Balaban J connectivity index is 2.09. The van der Waals surface area contributed by atoms with Crippen molar-refractivity contribution in [2.45, 2.75) is 6.42 Å². The molecule has 1 heterocycles. The molecule has 1 amide bonds. The molecule has 0 saturated heterocycles. The molecule has 0 atom stereocenters. The maximum absolute atomic E-state index is 11.4. The fourth-order valence-electron chi connectivity index (χ4n) is 2.00. The van der Waals surface area contributed by atoms with E-state index in [1.165, 1.54) is 4.57 Å². The van der Waals surface area contributed by atoms with Gasteiger partial charge in [0, 0.05) is 13.6 Å². The third kappa shape index (κ3) is 3.03. The van der Waals surface area contributed by atoms with Crippen molar-refractivity contribution in [3.05, 3.63) is 34.3 Å². The smallest absolute Gasteiger partial charge is 0.408 e. The molecular formula is C13H17N3O3. The average molecular weight is 263 g/mol. The number of nitrogens with two attached hydrogens (primary N) is 1. The first-order chi connectivity index (χ1) is 8.97. The van der Waals surface area contributed by atoms with Crippen LogP contribution in [0.4, 0.5) is 0 Å². The maximum Gasteiger partial charge on any atom is 0.419 e. The van der Waals surface area contributed by atoms with Crippen LogP contribution in [0.25, 0.3) is 11.1 Å². The molecule has 102 valence electrons. The van der Waals surface area contributed by atoms with Crippen LogP contribution >= 0.6 is 0 Å². The van der Waals surface area contributed by atoms with Crippen molar-refractivity contribution in [1.29, 1.82) is 0 Å². The van der Waals surface area contributed by atoms with Crippen LogP contribution in [0.3, 0.4) is 0 Å². The fourth-order valence-corrected chi connectivity index (χ4v) is 2.00. The molecule has 2 aromatic rings. The zero-order chi connectivity index (χ0) is 14.0. The minimum absolute atomic E-state index is 0.239. The maximum atomic E-state index is 11.4. The first-order valence-electron chi connectivity index (χ1n) is 6.02. The second-order valence-corrected chi connectivity index (χ2v) is 4.68. The highest BCUT2D eigenvalue weighted by molar-refractivity contribution is 5.76. The number of aromatic nitrogens is 1. The standard InChI is InChI=1S/C13H17N3O3/c1-15(8-12(14)17)6-5-9-3-4-10-11(7-9)19-13(18)16(10)2/h3-4,7H,5-6,8H2,1-2H3,(H2,14,17).